The van der Waals surface area contributed by atoms with Crippen molar-refractivity contribution in [1.82, 2.24) is 15.3 Å². The molecule has 0 aliphatic rings. The van der Waals surface area contributed by atoms with Crippen LogP contribution in [-0.4, -0.2) is 15.9 Å². The van der Waals surface area contributed by atoms with Gasteiger partial charge in [-0.1, -0.05) is 25.1 Å². The van der Waals surface area contributed by atoms with Crippen molar-refractivity contribution in [2.75, 3.05) is 0 Å². The Balaban J connectivity index is 1.46. The average molecular weight is 357 g/mol. The fraction of sp³-hybridized carbons (Fsp3) is 0.136. The topological polar surface area (TPSA) is 68.0 Å². The lowest BCUT2D eigenvalue weighted by molar-refractivity contribution is 0.0950. The van der Waals surface area contributed by atoms with E-state index in [2.05, 4.69) is 28.3 Å². The van der Waals surface area contributed by atoms with Crippen molar-refractivity contribution in [3.63, 3.8) is 0 Å². The third kappa shape index (κ3) is 3.72. The van der Waals surface area contributed by atoms with E-state index < -0.39 is 0 Å². The summed E-state index contributed by atoms with van der Waals surface area (Å²) >= 11 is 0. The first-order chi connectivity index (χ1) is 13.2. The highest BCUT2D eigenvalue weighted by molar-refractivity contribution is 5.93. The van der Waals surface area contributed by atoms with Gasteiger partial charge in [-0.25, -0.2) is 4.98 Å². The van der Waals surface area contributed by atoms with E-state index in [4.69, 9.17) is 4.42 Å². The molecule has 0 spiro atoms. The zero-order valence-corrected chi connectivity index (χ0v) is 15.0. The summed E-state index contributed by atoms with van der Waals surface area (Å²) in [6, 6.07) is 17.4. The molecular formula is C22H19N3O2. The van der Waals surface area contributed by atoms with Gasteiger partial charge in [-0.3, -0.25) is 9.78 Å². The zero-order valence-electron chi connectivity index (χ0n) is 15.0. The van der Waals surface area contributed by atoms with E-state index in [0.29, 0.717) is 18.0 Å². The second-order valence-electron chi connectivity index (χ2n) is 6.30. The summed E-state index contributed by atoms with van der Waals surface area (Å²) in [4.78, 5) is 20.6. The molecule has 27 heavy (non-hydrogen) atoms. The fourth-order valence-corrected chi connectivity index (χ4v) is 2.86. The maximum absolute atomic E-state index is 12.1. The predicted octanol–water partition coefficient (Wildman–Crippen LogP) is 4.38. The molecule has 5 heteroatoms. The number of fused-ring (bicyclic) bond motifs is 1. The summed E-state index contributed by atoms with van der Waals surface area (Å²) in [5, 5.41) is 2.89. The van der Waals surface area contributed by atoms with Crippen LogP contribution in [0.3, 0.4) is 0 Å². The molecule has 4 rings (SSSR count). The van der Waals surface area contributed by atoms with E-state index in [0.717, 1.165) is 28.6 Å². The van der Waals surface area contributed by atoms with Gasteiger partial charge < -0.3 is 9.73 Å². The van der Waals surface area contributed by atoms with E-state index in [1.165, 1.54) is 5.56 Å². The summed E-state index contributed by atoms with van der Waals surface area (Å²) in [6.07, 6.45) is 4.16. The van der Waals surface area contributed by atoms with E-state index in [9.17, 15) is 4.79 Å². The molecule has 5 nitrogen and oxygen atoms in total. The quantitative estimate of drug-likeness (QED) is 0.575. The van der Waals surface area contributed by atoms with Crippen LogP contribution in [0.4, 0.5) is 0 Å². The lowest BCUT2D eigenvalue weighted by Crippen LogP contribution is -2.22. The number of oxazole rings is 1. The standard InChI is InChI=1S/C22H19N3O2/c1-2-15-7-10-19-20(12-15)27-22(25-19)17-8-5-16(6-9-17)13-24-21(26)18-4-3-11-23-14-18/h3-12,14H,2,13H2,1H3,(H,24,26). The number of nitrogens with one attached hydrogen (secondary N) is 1. The van der Waals surface area contributed by atoms with Gasteiger partial charge in [-0.15, -0.1) is 0 Å². The molecule has 0 radical (unpaired) electrons. The number of rotatable bonds is 5. The number of aryl methyl sites for hydroxylation is 1. The maximum atomic E-state index is 12.1. The Labute approximate surface area is 157 Å². The van der Waals surface area contributed by atoms with E-state index in [1.54, 1.807) is 24.5 Å². The molecule has 0 saturated heterocycles. The minimum atomic E-state index is -0.141. The summed E-state index contributed by atoms with van der Waals surface area (Å²) in [5.74, 6) is 0.460. The Morgan fingerprint density at radius 2 is 1.89 bits per heavy atom. The largest absolute Gasteiger partial charge is 0.436 e. The van der Waals surface area contributed by atoms with Crippen molar-refractivity contribution in [3.05, 3.63) is 83.7 Å². The van der Waals surface area contributed by atoms with Gasteiger partial charge in [-0.2, -0.15) is 0 Å². The summed E-state index contributed by atoms with van der Waals surface area (Å²) in [7, 11) is 0. The third-order valence-corrected chi connectivity index (χ3v) is 4.44. The SMILES string of the molecule is CCc1ccc2nc(-c3ccc(CNC(=O)c4cccnc4)cc3)oc2c1. The lowest BCUT2D eigenvalue weighted by Gasteiger charge is -2.05. The number of pyridine rings is 1. The van der Waals surface area contributed by atoms with Crippen LogP contribution in [0.25, 0.3) is 22.6 Å². The molecule has 2 aromatic carbocycles. The van der Waals surface area contributed by atoms with Gasteiger partial charge in [0.15, 0.2) is 5.58 Å². The highest BCUT2D eigenvalue weighted by Crippen LogP contribution is 2.25. The Kier molecular flexibility index (Phi) is 4.66. The predicted molar refractivity (Wildman–Crippen MR) is 104 cm³/mol. The normalized spacial score (nSPS) is 10.9. The van der Waals surface area contributed by atoms with Crippen molar-refractivity contribution >= 4 is 17.0 Å². The van der Waals surface area contributed by atoms with E-state index >= 15 is 0 Å². The van der Waals surface area contributed by atoms with Crippen molar-refractivity contribution < 1.29 is 9.21 Å². The average Bonchev–Trinajstić information content (AvgIpc) is 3.16. The van der Waals surface area contributed by atoms with Crippen molar-refractivity contribution in [2.45, 2.75) is 19.9 Å². The number of nitrogens with zero attached hydrogens (tertiary/aromatic N) is 2. The van der Waals surface area contributed by atoms with Crippen LogP contribution >= 0.6 is 0 Å². The lowest BCUT2D eigenvalue weighted by atomic mass is 10.1. The van der Waals surface area contributed by atoms with Gasteiger partial charge in [0.25, 0.3) is 5.91 Å². The number of carbonyl (C=O) groups excluding carboxylic acids is 1. The highest BCUT2D eigenvalue weighted by atomic mass is 16.3. The molecule has 0 aliphatic heterocycles. The first kappa shape index (κ1) is 17.0. The molecule has 0 fully saturated rings. The number of amides is 1. The third-order valence-electron chi connectivity index (χ3n) is 4.44. The molecule has 0 bridgehead atoms. The molecule has 0 atom stereocenters. The molecule has 4 aromatic rings. The van der Waals surface area contributed by atoms with Crippen molar-refractivity contribution in [1.29, 1.82) is 0 Å². The second-order valence-corrected chi connectivity index (χ2v) is 6.30. The smallest absolute Gasteiger partial charge is 0.253 e. The molecule has 2 heterocycles. The monoisotopic (exact) mass is 357 g/mol. The van der Waals surface area contributed by atoms with Gasteiger partial charge in [0.1, 0.15) is 5.52 Å². The Morgan fingerprint density at radius 3 is 2.63 bits per heavy atom. The van der Waals surface area contributed by atoms with Crippen molar-refractivity contribution in [2.24, 2.45) is 0 Å². The van der Waals surface area contributed by atoms with Crippen LogP contribution in [-0.2, 0) is 13.0 Å². The van der Waals surface area contributed by atoms with Crippen LogP contribution in [0.5, 0.6) is 0 Å². The van der Waals surface area contributed by atoms with Crippen LogP contribution in [0.1, 0.15) is 28.4 Å². The molecule has 0 saturated carbocycles. The van der Waals surface area contributed by atoms with Gasteiger partial charge >= 0.3 is 0 Å². The number of aromatic nitrogens is 2. The van der Waals surface area contributed by atoms with Gasteiger partial charge in [0, 0.05) is 24.5 Å². The van der Waals surface area contributed by atoms with Crippen LogP contribution in [0, 0.1) is 0 Å². The molecular weight excluding hydrogens is 338 g/mol. The summed E-state index contributed by atoms with van der Waals surface area (Å²) in [5.41, 5.74) is 5.34. The Morgan fingerprint density at radius 1 is 1.07 bits per heavy atom. The summed E-state index contributed by atoms with van der Waals surface area (Å²) < 4.78 is 5.90. The number of hydrogen-bond donors (Lipinski definition) is 1. The zero-order chi connectivity index (χ0) is 18.6. The van der Waals surface area contributed by atoms with Crippen LogP contribution in [0.2, 0.25) is 0 Å². The van der Waals surface area contributed by atoms with Gasteiger partial charge in [0.05, 0.1) is 5.56 Å². The van der Waals surface area contributed by atoms with Crippen molar-refractivity contribution in [3.8, 4) is 11.5 Å². The minimum absolute atomic E-state index is 0.141. The molecule has 2 aromatic heterocycles. The van der Waals surface area contributed by atoms with Crippen LogP contribution in [0.15, 0.2) is 71.4 Å². The highest BCUT2D eigenvalue weighted by Gasteiger charge is 2.09. The maximum Gasteiger partial charge on any atom is 0.253 e. The number of carbonyl (C=O) groups is 1. The molecule has 1 N–H and O–H groups in total. The molecule has 1 amide bonds. The Bertz CT molecular complexity index is 1070. The fourth-order valence-electron chi connectivity index (χ4n) is 2.86. The number of hydrogen-bond acceptors (Lipinski definition) is 4. The molecule has 134 valence electrons. The van der Waals surface area contributed by atoms with E-state index in [1.807, 2.05) is 36.4 Å². The van der Waals surface area contributed by atoms with Crippen LogP contribution < -0.4 is 5.32 Å². The second kappa shape index (κ2) is 7.41. The summed E-state index contributed by atoms with van der Waals surface area (Å²) in [6.45, 7) is 2.56. The van der Waals surface area contributed by atoms with Gasteiger partial charge in [0.2, 0.25) is 5.89 Å². The molecule has 0 aliphatic carbocycles. The van der Waals surface area contributed by atoms with Gasteiger partial charge in [-0.05, 0) is 53.9 Å². The number of benzene rings is 2. The first-order valence-electron chi connectivity index (χ1n) is 8.90. The molecule has 0 unspecified atom stereocenters. The Hall–Kier alpha value is -3.47. The van der Waals surface area contributed by atoms with E-state index in [-0.39, 0.29) is 5.91 Å². The minimum Gasteiger partial charge on any atom is -0.436 e. The first-order valence-corrected chi connectivity index (χ1v) is 8.90.